The molecular formula is C16H15BrO4. The molecule has 0 saturated heterocycles. The van der Waals surface area contributed by atoms with Crippen LogP contribution in [0.25, 0.3) is 0 Å². The summed E-state index contributed by atoms with van der Waals surface area (Å²) in [4.78, 5) is 11.3. The molecule has 0 heterocycles. The van der Waals surface area contributed by atoms with Crippen molar-refractivity contribution in [2.75, 3.05) is 6.61 Å². The Kier molecular flexibility index (Phi) is 5.22. The van der Waals surface area contributed by atoms with Crippen LogP contribution in [0.1, 0.15) is 23.7 Å². The van der Waals surface area contributed by atoms with E-state index < -0.39 is 5.97 Å². The fourth-order valence-corrected chi connectivity index (χ4v) is 2.08. The Bertz CT molecular complexity index is 640. The molecule has 0 unspecified atom stereocenters. The van der Waals surface area contributed by atoms with Gasteiger partial charge in [0, 0.05) is 4.47 Å². The first-order chi connectivity index (χ1) is 10.1. The van der Waals surface area contributed by atoms with Gasteiger partial charge in [-0.25, -0.2) is 4.79 Å². The summed E-state index contributed by atoms with van der Waals surface area (Å²) in [6.45, 7) is 2.59. The van der Waals surface area contributed by atoms with Crippen molar-refractivity contribution in [2.45, 2.75) is 13.3 Å². The third-order valence-electron chi connectivity index (χ3n) is 2.70. The Morgan fingerprint density at radius 3 is 2.52 bits per heavy atom. The summed E-state index contributed by atoms with van der Waals surface area (Å²) < 4.78 is 12.1. The van der Waals surface area contributed by atoms with Crippen LogP contribution in [-0.4, -0.2) is 17.7 Å². The second-order valence-electron chi connectivity index (χ2n) is 4.34. The fourth-order valence-electron chi connectivity index (χ4n) is 1.74. The molecular weight excluding hydrogens is 336 g/mol. The molecule has 1 N–H and O–H groups in total. The van der Waals surface area contributed by atoms with E-state index in [-0.39, 0.29) is 11.3 Å². The number of hydrogen-bond donors (Lipinski definition) is 1. The number of benzene rings is 2. The van der Waals surface area contributed by atoms with Crippen molar-refractivity contribution in [3.05, 3.63) is 52.5 Å². The van der Waals surface area contributed by atoms with Gasteiger partial charge in [0.1, 0.15) is 11.3 Å². The minimum atomic E-state index is -1.04. The number of carbonyl (C=O) groups is 1. The van der Waals surface area contributed by atoms with Crippen LogP contribution in [0.2, 0.25) is 0 Å². The van der Waals surface area contributed by atoms with Crippen molar-refractivity contribution in [1.82, 2.24) is 0 Å². The summed E-state index contributed by atoms with van der Waals surface area (Å²) in [6.07, 6.45) is 0.881. The molecule has 0 bridgehead atoms. The molecule has 4 nitrogen and oxygen atoms in total. The number of carboxylic acid groups (broad SMARTS) is 1. The van der Waals surface area contributed by atoms with Gasteiger partial charge in [-0.2, -0.15) is 0 Å². The van der Waals surface area contributed by atoms with Gasteiger partial charge in [-0.1, -0.05) is 35.0 Å². The van der Waals surface area contributed by atoms with E-state index in [1.165, 1.54) is 6.07 Å². The number of aromatic carboxylic acids is 1. The van der Waals surface area contributed by atoms with Crippen LogP contribution in [-0.2, 0) is 0 Å². The Morgan fingerprint density at radius 2 is 1.86 bits per heavy atom. The maximum Gasteiger partial charge on any atom is 0.339 e. The maximum absolute atomic E-state index is 11.3. The second-order valence-corrected chi connectivity index (χ2v) is 5.26. The lowest BCUT2D eigenvalue weighted by molar-refractivity contribution is 0.0694. The van der Waals surface area contributed by atoms with Gasteiger partial charge in [0.2, 0.25) is 0 Å². The van der Waals surface area contributed by atoms with Gasteiger partial charge in [0.25, 0.3) is 0 Å². The van der Waals surface area contributed by atoms with Crippen molar-refractivity contribution >= 4 is 21.9 Å². The highest BCUT2D eigenvalue weighted by molar-refractivity contribution is 9.10. The third kappa shape index (κ3) is 3.98. The van der Waals surface area contributed by atoms with Crippen LogP contribution in [0.4, 0.5) is 0 Å². The van der Waals surface area contributed by atoms with E-state index in [4.69, 9.17) is 9.47 Å². The smallest absolute Gasteiger partial charge is 0.339 e. The van der Waals surface area contributed by atoms with E-state index >= 15 is 0 Å². The van der Waals surface area contributed by atoms with Crippen LogP contribution >= 0.6 is 15.9 Å². The Labute approximate surface area is 131 Å². The Hall–Kier alpha value is -2.01. The van der Waals surface area contributed by atoms with Crippen LogP contribution in [0.5, 0.6) is 17.2 Å². The van der Waals surface area contributed by atoms with Crippen molar-refractivity contribution in [3.8, 4) is 17.2 Å². The molecule has 0 atom stereocenters. The van der Waals surface area contributed by atoms with E-state index in [1.54, 1.807) is 24.3 Å². The molecule has 0 aliphatic carbocycles. The maximum atomic E-state index is 11.3. The predicted molar refractivity (Wildman–Crippen MR) is 83.4 cm³/mol. The zero-order valence-corrected chi connectivity index (χ0v) is 13.1. The number of ether oxygens (including phenoxy) is 2. The summed E-state index contributed by atoms with van der Waals surface area (Å²) in [7, 11) is 0. The quantitative estimate of drug-likeness (QED) is 0.818. The van der Waals surface area contributed by atoms with E-state index in [1.807, 2.05) is 19.1 Å². The molecule has 0 aromatic heterocycles. The van der Waals surface area contributed by atoms with Gasteiger partial charge >= 0.3 is 5.97 Å². The first kappa shape index (κ1) is 15.4. The summed E-state index contributed by atoms with van der Waals surface area (Å²) in [6, 6.07) is 12.0. The van der Waals surface area contributed by atoms with Crippen molar-refractivity contribution in [1.29, 1.82) is 0 Å². The minimum Gasteiger partial charge on any atom is -0.490 e. The molecule has 0 aliphatic heterocycles. The highest BCUT2D eigenvalue weighted by Crippen LogP contribution is 2.34. The number of hydrogen-bond acceptors (Lipinski definition) is 3. The number of carboxylic acids is 1. The van der Waals surface area contributed by atoms with Crippen LogP contribution in [0.3, 0.4) is 0 Å². The lowest BCUT2D eigenvalue weighted by Gasteiger charge is -2.13. The standard InChI is InChI=1S/C16H15BrO4/c1-2-9-20-13-5-3-4-6-14(13)21-15-10-11(17)7-8-12(15)16(18)19/h3-8,10H,2,9H2,1H3,(H,18,19). The molecule has 110 valence electrons. The average molecular weight is 351 g/mol. The lowest BCUT2D eigenvalue weighted by Crippen LogP contribution is -2.01. The van der Waals surface area contributed by atoms with Gasteiger partial charge in [0.15, 0.2) is 11.5 Å². The van der Waals surface area contributed by atoms with E-state index in [0.29, 0.717) is 18.1 Å². The first-order valence-electron chi connectivity index (χ1n) is 6.54. The summed E-state index contributed by atoms with van der Waals surface area (Å²) >= 11 is 3.32. The molecule has 0 amide bonds. The molecule has 21 heavy (non-hydrogen) atoms. The highest BCUT2D eigenvalue weighted by Gasteiger charge is 2.14. The molecule has 5 heteroatoms. The number of rotatable bonds is 6. The molecule has 0 fully saturated rings. The van der Waals surface area contributed by atoms with E-state index in [0.717, 1.165) is 10.9 Å². The monoisotopic (exact) mass is 350 g/mol. The van der Waals surface area contributed by atoms with Gasteiger partial charge in [-0.3, -0.25) is 0 Å². The van der Waals surface area contributed by atoms with Crippen LogP contribution < -0.4 is 9.47 Å². The van der Waals surface area contributed by atoms with Gasteiger partial charge in [-0.15, -0.1) is 0 Å². The number of halogens is 1. The predicted octanol–water partition coefficient (Wildman–Crippen LogP) is 4.73. The minimum absolute atomic E-state index is 0.100. The molecule has 0 aliphatic rings. The zero-order chi connectivity index (χ0) is 15.2. The Balaban J connectivity index is 2.34. The molecule has 2 rings (SSSR count). The summed E-state index contributed by atoms with van der Waals surface area (Å²) in [5.74, 6) is 0.316. The van der Waals surface area contributed by atoms with Crippen molar-refractivity contribution in [2.24, 2.45) is 0 Å². The van der Waals surface area contributed by atoms with Gasteiger partial charge in [-0.05, 0) is 36.8 Å². The fraction of sp³-hybridized carbons (Fsp3) is 0.188. The zero-order valence-electron chi connectivity index (χ0n) is 11.5. The first-order valence-corrected chi connectivity index (χ1v) is 7.33. The molecule has 2 aromatic carbocycles. The largest absolute Gasteiger partial charge is 0.490 e. The summed E-state index contributed by atoms with van der Waals surface area (Å²) in [5.41, 5.74) is 0.100. The summed E-state index contributed by atoms with van der Waals surface area (Å²) in [5, 5.41) is 9.22. The van der Waals surface area contributed by atoms with E-state index in [9.17, 15) is 9.90 Å². The van der Waals surface area contributed by atoms with Crippen LogP contribution in [0, 0.1) is 0 Å². The molecule has 0 radical (unpaired) electrons. The van der Waals surface area contributed by atoms with Gasteiger partial charge in [0.05, 0.1) is 6.61 Å². The third-order valence-corrected chi connectivity index (χ3v) is 3.20. The van der Waals surface area contributed by atoms with Crippen LogP contribution in [0.15, 0.2) is 46.9 Å². The Morgan fingerprint density at radius 1 is 1.14 bits per heavy atom. The molecule has 0 spiro atoms. The van der Waals surface area contributed by atoms with E-state index in [2.05, 4.69) is 15.9 Å². The SMILES string of the molecule is CCCOc1ccccc1Oc1cc(Br)ccc1C(=O)O. The average Bonchev–Trinajstić information content (AvgIpc) is 2.46. The molecule has 0 saturated carbocycles. The molecule has 2 aromatic rings. The lowest BCUT2D eigenvalue weighted by atomic mass is 10.2. The topological polar surface area (TPSA) is 55.8 Å². The highest BCUT2D eigenvalue weighted by atomic mass is 79.9. The second kappa shape index (κ2) is 7.13. The normalized spacial score (nSPS) is 10.2. The number of para-hydroxylation sites is 2. The van der Waals surface area contributed by atoms with Crippen molar-refractivity contribution < 1.29 is 19.4 Å². The van der Waals surface area contributed by atoms with Crippen molar-refractivity contribution in [3.63, 3.8) is 0 Å². The van der Waals surface area contributed by atoms with Gasteiger partial charge < -0.3 is 14.6 Å².